The first-order valence-electron chi connectivity index (χ1n) is 3.54. The van der Waals surface area contributed by atoms with E-state index in [0.29, 0.717) is 6.42 Å². The number of rotatable bonds is 2. The fraction of sp³-hybridized carbons (Fsp3) is 0.375. The summed E-state index contributed by atoms with van der Waals surface area (Å²) in [5, 5.41) is 11.4. The Bertz CT molecular complexity index is 218. The van der Waals surface area contributed by atoms with E-state index < -0.39 is 12.0 Å². The van der Waals surface area contributed by atoms with Crippen molar-refractivity contribution >= 4 is 5.97 Å². The molecule has 1 atom stereocenters. The lowest BCUT2D eigenvalue weighted by atomic mass is 10.1. The van der Waals surface area contributed by atoms with Gasteiger partial charge in [0.05, 0.1) is 0 Å². The Balaban J connectivity index is 2.49. The third-order valence-corrected chi connectivity index (χ3v) is 1.59. The van der Waals surface area contributed by atoms with Gasteiger partial charge in [-0.3, -0.25) is 0 Å². The van der Waals surface area contributed by atoms with E-state index in [1.54, 1.807) is 6.20 Å². The van der Waals surface area contributed by atoms with Crippen LogP contribution in [0.4, 0.5) is 0 Å². The summed E-state index contributed by atoms with van der Waals surface area (Å²) in [7, 11) is 0. The molecule has 1 unspecified atom stereocenters. The number of carboxylic acids is 1. The second-order valence-electron chi connectivity index (χ2n) is 2.48. The van der Waals surface area contributed by atoms with E-state index in [1.807, 2.05) is 19.1 Å². The van der Waals surface area contributed by atoms with Crippen molar-refractivity contribution in [3.05, 3.63) is 23.9 Å². The van der Waals surface area contributed by atoms with Crippen molar-refractivity contribution in [1.82, 2.24) is 5.32 Å². The monoisotopic (exact) mass is 153 g/mol. The summed E-state index contributed by atoms with van der Waals surface area (Å²) in [4.78, 5) is 10.4. The quantitative estimate of drug-likeness (QED) is 0.619. The minimum Gasteiger partial charge on any atom is -0.480 e. The molecule has 0 radical (unpaired) electrons. The van der Waals surface area contributed by atoms with Crippen LogP contribution in [-0.4, -0.2) is 17.1 Å². The van der Waals surface area contributed by atoms with Crippen molar-refractivity contribution in [2.45, 2.75) is 19.4 Å². The molecule has 60 valence electrons. The van der Waals surface area contributed by atoms with E-state index in [2.05, 4.69) is 5.32 Å². The van der Waals surface area contributed by atoms with Gasteiger partial charge < -0.3 is 10.4 Å². The molecule has 1 rings (SSSR count). The van der Waals surface area contributed by atoms with Gasteiger partial charge in [0, 0.05) is 12.6 Å². The SMILES string of the molecule is CC=CC1=CNC(C(=O)O)C1. The van der Waals surface area contributed by atoms with Gasteiger partial charge in [-0.25, -0.2) is 4.79 Å². The van der Waals surface area contributed by atoms with Gasteiger partial charge in [0.25, 0.3) is 0 Å². The standard InChI is InChI=1S/C8H11NO2/c1-2-3-6-4-7(8(10)11)9-5-6/h2-3,5,7,9H,4H2,1H3,(H,10,11). The van der Waals surface area contributed by atoms with Gasteiger partial charge in [0.15, 0.2) is 0 Å². The van der Waals surface area contributed by atoms with Crippen LogP contribution in [0, 0.1) is 0 Å². The van der Waals surface area contributed by atoms with Gasteiger partial charge in [0.1, 0.15) is 6.04 Å². The first kappa shape index (κ1) is 7.85. The number of carboxylic acid groups (broad SMARTS) is 1. The zero-order valence-corrected chi connectivity index (χ0v) is 6.37. The molecule has 0 saturated heterocycles. The lowest BCUT2D eigenvalue weighted by molar-refractivity contribution is -0.138. The Morgan fingerprint density at radius 2 is 2.64 bits per heavy atom. The molecule has 0 aromatic rings. The summed E-state index contributed by atoms with van der Waals surface area (Å²) < 4.78 is 0. The highest BCUT2D eigenvalue weighted by molar-refractivity contribution is 5.75. The van der Waals surface area contributed by atoms with Crippen LogP contribution in [0.25, 0.3) is 0 Å². The molecule has 3 nitrogen and oxygen atoms in total. The van der Waals surface area contributed by atoms with Crippen molar-refractivity contribution in [1.29, 1.82) is 0 Å². The largest absolute Gasteiger partial charge is 0.480 e. The predicted molar refractivity (Wildman–Crippen MR) is 42.1 cm³/mol. The summed E-state index contributed by atoms with van der Waals surface area (Å²) in [6, 6.07) is -0.429. The van der Waals surface area contributed by atoms with E-state index >= 15 is 0 Å². The van der Waals surface area contributed by atoms with Crippen molar-refractivity contribution in [2.75, 3.05) is 0 Å². The van der Waals surface area contributed by atoms with Crippen molar-refractivity contribution in [2.24, 2.45) is 0 Å². The maximum Gasteiger partial charge on any atom is 0.326 e. The van der Waals surface area contributed by atoms with Gasteiger partial charge in [-0.05, 0) is 12.5 Å². The predicted octanol–water partition coefficient (Wildman–Crippen LogP) is 0.893. The number of allylic oxidation sites excluding steroid dienone is 2. The van der Waals surface area contributed by atoms with Gasteiger partial charge in [-0.15, -0.1) is 0 Å². The van der Waals surface area contributed by atoms with E-state index in [0.717, 1.165) is 5.57 Å². The number of carbonyl (C=O) groups is 1. The summed E-state index contributed by atoms with van der Waals surface area (Å²) in [5.74, 6) is -0.791. The van der Waals surface area contributed by atoms with Crippen LogP contribution in [0.15, 0.2) is 23.9 Å². The molecule has 0 aliphatic carbocycles. The summed E-state index contributed by atoms with van der Waals surface area (Å²) >= 11 is 0. The normalized spacial score (nSPS) is 23.4. The fourth-order valence-corrected chi connectivity index (χ4v) is 1.05. The van der Waals surface area contributed by atoms with E-state index in [1.165, 1.54) is 0 Å². The molecule has 1 aliphatic rings. The Hall–Kier alpha value is -1.25. The molecule has 0 amide bonds. The van der Waals surface area contributed by atoms with E-state index in [-0.39, 0.29) is 0 Å². The van der Waals surface area contributed by atoms with Crippen LogP contribution in [0.5, 0.6) is 0 Å². The highest BCUT2D eigenvalue weighted by Crippen LogP contribution is 2.13. The molecular weight excluding hydrogens is 142 g/mol. The Kier molecular flexibility index (Phi) is 2.31. The Labute approximate surface area is 65.4 Å². The molecule has 11 heavy (non-hydrogen) atoms. The van der Waals surface area contributed by atoms with Gasteiger partial charge in [0.2, 0.25) is 0 Å². The maximum atomic E-state index is 10.4. The Morgan fingerprint density at radius 3 is 3.09 bits per heavy atom. The summed E-state index contributed by atoms with van der Waals surface area (Å²) in [5.41, 5.74) is 1.04. The zero-order chi connectivity index (χ0) is 8.27. The lowest BCUT2D eigenvalue weighted by Gasteiger charge is -2.02. The first-order chi connectivity index (χ1) is 5.24. The minimum absolute atomic E-state index is 0.429. The highest BCUT2D eigenvalue weighted by atomic mass is 16.4. The topological polar surface area (TPSA) is 49.3 Å². The van der Waals surface area contributed by atoms with E-state index in [4.69, 9.17) is 5.11 Å². The van der Waals surface area contributed by atoms with Crippen LogP contribution in [0.3, 0.4) is 0 Å². The molecule has 1 aliphatic heterocycles. The molecule has 3 heteroatoms. The molecule has 0 spiro atoms. The van der Waals surface area contributed by atoms with Crippen LogP contribution >= 0.6 is 0 Å². The number of hydrogen-bond donors (Lipinski definition) is 2. The van der Waals surface area contributed by atoms with Crippen molar-refractivity contribution in [3.8, 4) is 0 Å². The number of nitrogens with one attached hydrogen (secondary N) is 1. The number of hydrogen-bond acceptors (Lipinski definition) is 2. The average Bonchev–Trinajstić information content (AvgIpc) is 2.37. The van der Waals surface area contributed by atoms with Crippen LogP contribution in [0.1, 0.15) is 13.3 Å². The molecule has 0 bridgehead atoms. The maximum absolute atomic E-state index is 10.4. The fourth-order valence-electron chi connectivity index (χ4n) is 1.05. The summed E-state index contributed by atoms with van der Waals surface area (Å²) in [6.07, 6.45) is 6.14. The number of aliphatic carboxylic acids is 1. The third kappa shape index (κ3) is 1.83. The first-order valence-corrected chi connectivity index (χ1v) is 3.54. The molecule has 0 fully saturated rings. The molecule has 0 saturated carbocycles. The average molecular weight is 153 g/mol. The van der Waals surface area contributed by atoms with Gasteiger partial charge in [-0.1, -0.05) is 12.2 Å². The highest BCUT2D eigenvalue weighted by Gasteiger charge is 2.20. The Morgan fingerprint density at radius 1 is 1.91 bits per heavy atom. The van der Waals surface area contributed by atoms with Crippen molar-refractivity contribution < 1.29 is 9.90 Å². The second-order valence-corrected chi connectivity index (χ2v) is 2.48. The van der Waals surface area contributed by atoms with Gasteiger partial charge in [-0.2, -0.15) is 0 Å². The summed E-state index contributed by atoms with van der Waals surface area (Å²) in [6.45, 7) is 1.91. The van der Waals surface area contributed by atoms with Crippen LogP contribution < -0.4 is 5.32 Å². The van der Waals surface area contributed by atoms with E-state index in [9.17, 15) is 4.79 Å². The molecule has 1 heterocycles. The molecule has 2 N–H and O–H groups in total. The zero-order valence-electron chi connectivity index (χ0n) is 6.37. The molecular formula is C8H11NO2. The van der Waals surface area contributed by atoms with Gasteiger partial charge >= 0.3 is 5.97 Å². The van der Waals surface area contributed by atoms with Crippen LogP contribution in [-0.2, 0) is 4.79 Å². The smallest absolute Gasteiger partial charge is 0.326 e. The second kappa shape index (κ2) is 3.23. The molecule has 0 aromatic heterocycles. The molecule has 0 aromatic carbocycles. The van der Waals surface area contributed by atoms with Crippen molar-refractivity contribution in [3.63, 3.8) is 0 Å². The van der Waals surface area contributed by atoms with Crippen LogP contribution in [0.2, 0.25) is 0 Å². The minimum atomic E-state index is -0.791. The third-order valence-electron chi connectivity index (χ3n) is 1.59. The lowest BCUT2D eigenvalue weighted by Crippen LogP contribution is -2.28.